The van der Waals surface area contributed by atoms with Crippen molar-refractivity contribution in [1.82, 2.24) is 0 Å². The molecule has 1 aliphatic heterocycles. The molecule has 0 unspecified atom stereocenters. The van der Waals surface area contributed by atoms with Crippen LogP contribution in [0.15, 0.2) is 53.0 Å². The predicted octanol–water partition coefficient (Wildman–Crippen LogP) is 4.47. The lowest BCUT2D eigenvalue weighted by Gasteiger charge is -2.24. The number of nitrogens with zero attached hydrogens (tertiary/aromatic N) is 1. The van der Waals surface area contributed by atoms with Crippen LogP contribution in [0.2, 0.25) is 0 Å². The lowest BCUT2D eigenvalue weighted by Crippen LogP contribution is -2.30. The summed E-state index contributed by atoms with van der Waals surface area (Å²) in [6.45, 7) is 1.40. The van der Waals surface area contributed by atoms with Crippen molar-refractivity contribution < 1.29 is 4.79 Å². The van der Waals surface area contributed by atoms with E-state index in [9.17, 15) is 4.79 Å². The summed E-state index contributed by atoms with van der Waals surface area (Å²) in [6, 6.07) is 16.1. The lowest BCUT2D eigenvalue weighted by molar-refractivity contribution is 0.0998. The molecule has 1 aliphatic rings. The van der Waals surface area contributed by atoms with Gasteiger partial charge in [0.2, 0.25) is 0 Å². The predicted molar refractivity (Wildman–Crippen MR) is 90.1 cm³/mol. The van der Waals surface area contributed by atoms with Gasteiger partial charge in [-0.25, -0.2) is 0 Å². The Morgan fingerprint density at radius 1 is 1.05 bits per heavy atom. The zero-order valence-electron chi connectivity index (χ0n) is 11.9. The molecule has 2 nitrogen and oxygen atoms in total. The molecule has 0 saturated carbocycles. The third-order valence-corrected chi connectivity index (χ3v) is 4.66. The summed E-state index contributed by atoms with van der Waals surface area (Å²) in [6.07, 6.45) is 3.44. The highest BCUT2D eigenvalue weighted by atomic mass is 79.9. The van der Waals surface area contributed by atoms with Crippen LogP contribution in [0.4, 0.5) is 5.69 Å². The molecular formula is C18H18BrNO. The Labute approximate surface area is 133 Å². The highest BCUT2D eigenvalue weighted by Crippen LogP contribution is 2.26. The van der Waals surface area contributed by atoms with Gasteiger partial charge in [0.25, 0.3) is 0 Å². The first-order chi connectivity index (χ1) is 10.3. The first-order valence-corrected chi connectivity index (χ1v) is 8.15. The number of Topliss-reactive ketones (excluding diaryl/α,β-unsaturated/α-hetero) is 1. The molecule has 0 aliphatic carbocycles. The minimum absolute atomic E-state index is 0.166. The molecule has 108 valence electrons. The number of hydrogen-bond donors (Lipinski definition) is 0. The number of fused-ring (bicyclic) bond motifs is 1. The Balaban J connectivity index is 1.85. The zero-order chi connectivity index (χ0) is 14.7. The van der Waals surface area contributed by atoms with Gasteiger partial charge in [-0.05, 0) is 37.0 Å². The average molecular weight is 344 g/mol. The largest absolute Gasteiger partial charge is 0.364 e. The van der Waals surface area contributed by atoms with Gasteiger partial charge in [0, 0.05) is 22.3 Å². The highest BCUT2D eigenvalue weighted by molar-refractivity contribution is 9.10. The van der Waals surface area contributed by atoms with Crippen LogP contribution >= 0.6 is 15.9 Å². The van der Waals surface area contributed by atoms with Crippen LogP contribution in [0.5, 0.6) is 0 Å². The molecule has 2 aromatic carbocycles. The monoisotopic (exact) mass is 343 g/mol. The second-order valence-corrected chi connectivity index (χ2v) is 6.26. The molecule has 21 heavy (non-hydrogen) atoms. The van der Waals surface area contributed by atoms with Crippen molar-refractivity contribution in [3.8, 4) is 0 Å². The topological polar surface area (TPSA) is 20.3 Å². The van der Waals surface area contributed by atoms with E-state index in [1.807, 2.05) is 24.3 Å². The van der Waals surface area contributed by atoms with Crippen LogP contribution in [-0.2, 0) is 6.42 Å². The van der Waals surface area contributed by atoms with E-state index in [4.69, 9.17) is 0 Å². The molecule has 0 saturated heterocycles. The lowest BCUT2D eigenvalue weighted by atomic mass is 10.1. The van der Waals surface area contributed by atoms with Crippen molar-refractivity contribution in [3.63, 3.8) is 0 Å². The summed E-state index contributed by atoms with van der Waals surface area (Å²) in [5.41, 5.74) is 3.34. The van der Waals surface area contributed by atoms with E-state index in [2.05, 4.69) is 45.1 Å². The summed E-state index contributed by atoms with van der Waals surface area (Å²) >= 11 is 3.47. The van der Waals surface area contributed by atoms with E-state index in [-0.39, 0.29) is 5.78 Å². The number of hydrogen-bond acceptors (Lipinski definition) is 2. The summed E-state index contributed by atoms with van der Waals surface area (Å²) in [4.78, 5) is 14.8. The normalized spacial score (nSPS) is 14.4. The Hall–Kier alpha value is -1.61. The number of para-hydroxylation sites is 1. The Kier molecular flexibility index (Phi) is 4.39. The van der Waals surface area contributed by atoms with Gasteiger partial charge in [0.1, 0.15) is 0 Å². The van der Waals surface area contributed by atoms with E-state index >= 15 is 0 Å². The van der Waals surface area contributed by atoms with E-state index < -0.39 is 0 Å². The van der Waals surface area contributed by atoms with Gasteiger partial charge in [0.15, 0.2) is 5.78 Å². The molecule has 0 radical (unpaired) electrons. The number of ketones is 1. The molecule has 3 rings (SSSR count). The fraction of sp³-hybridized carbons (Fsp3) is 0.278. The quantitative estimate of drug-likeness (QED) is 0.766. The smallest absolute Gasteiger partial charge is 0.183 e. The Morgan fingerprint density at radius 3 is 2.67 bits per heavy atom. The van der Waals surface area contributed by atoms with Gasteiger partial charge in [-0.2, -0.15) is 0 Å². The fourth-order valence-electron chi connectivity index (χ4n) is 2.88. The van der Waals surface area contributed by atoms with Crippen LogP contribution in [-0.4, -0.2) is 18.9 Å². The van der Waals surface area contributed by atoms with Gasteiger partial charge in [-0.3, -0.25) is 4.79 Å². The molecule has 1 heterocycles. The van der Waals surface area contributed by atoms with Gasteiger partial charge < -0.3 is 4.90 Å². The van der Waals surface area contributed by atoms with Crippen molar-refractivity contribution in [2.45, 2.75) is 19.3 Å². The third kappa shape index (κ3) is 3.18. The summed E-state index contributed by atoms with van der Waals surface area (Å²) in [5, 5.41) is 0. The number of carbonyl (C=O) groups is 1. The molecule has 0 spiro atoms. The number of benzene rings is 2. The standard InChI is InChI=1S/C18H18BrNO/c19-16-10-3-2-9-15(16)18(21)13-20-12-6-5-8-14-7-1-4-11-17(14)20/h1-4,7,9-11H,5-6,8,12-13H2. The van der Waals surface area contributed by atoms with Crippen molar-refractivity contribution >= 4 is 27.4 Å². The van der Waals surface area contributed by atoms with E-state index in [0.29, 0.717) is 6.54 Å². The van der Waals surface area contributed by atoms with Crippen LogP contribution in [0.25, 0.3) is 0 Å². The molecule has 0 bridgehead atoms. The van der Waals surface area contributed by atoms with Crippen LogP contribution in [0.1, 0.15) is 28.8 Å². The minimum Gasteiger partial charge on any atom is -0.364 e. The van der Waals surface area contributed by atoms with Gasteiger partial charge in [-0.1, -0.05) is 52.3 Å². The molecule has 3 heteroatoms. The minimum atomic E-state index is 0.166. The van der Waals surface area contributed by atoms with Crippen molar-refractivity contribution in [2.24, 2.45) is 0 Å². The first kappa shape index (κ1) is 14.3. The van der Waals surface area contributed by atoms with Gasteiger partial charge in [0.05, 0.1) is 6.54 Å². The fourth-order valence-corrected chi connectivity index (χ4v) is 3.39. The number of halogens is 1. The van der Waals surface area contributed by atoms with E-state index in [0.717, 1.165) is 29.4 Å². The maximum atomic E-state index is 12.6. The second kappa shape index (κ2) is 6.44. The van der Waals surface area contributed by atoms with Crippen molar-refractivity contribution in [1.29, 1.82) is 0 Å². The zero-order valence-corrected chi connectivity index (χ0v) is 13.5. The molecule has 0 aromatic heterocycles. The van der Waals surface area contributed by atoms with Gasteiger partial charge >= 0.3 is 0 Å². The summed E-state index contributed by atoms with van der Waals surface area (Å²) in [7, 11) is 0. The SMILES string of the molecule is O=C(CN1CCCCc2ccccc21)c1ccccc1Br. The van der Waals surface area contributed by atoms with Crippen LogP contribution in [0.3, 0.4) is 0 Å². The van der Waals surface area contributed by atoms with E-state index in [1.54, 1.807) is 0 Å². The third-order valence-electron chi connectivity index (χ3n) is 3.97. The highest BCUT2D eigenvalue weighted by Gasteiger charge is 2.19. The molecule has 0 N–H and O–H groups in total. The summed E-state index contributed by atoms with van der Waals surface area (Å²) in [5.74, 6) is 0.166. The first-order valence-electron chi connectivity index (χ1n) is 7.36. The van der Waals surface area contributed by atoms with Crippen LogP contribution < -0.4 is 4.90 Å². The Bertz CT molecular complexity index is 653. The molecular weight excluding hydrogens is 326 g/mol. The molecule has 0 fully saturated rings. The van der Waals surface area contributed by atoms with Crippen molar-refractivity contribution in [2.75, 3.05) is 18.0 Å². The molecule has 0 atom stereocenters. The number of aryl methyl sites for hydroxylation is 1. The number of anilines is 1. The van der Waals surface area contributed by atoms with Gasteiger partial charge in [-0.15, -0.1) is 0 Å². The van der Waals surface area contributed by atoms with Crippen molar-refractivity contribution in [3.05, 3.63) is 64.1 Å². The van der Waals surface area contributed by atoms with Crippen LogP contribution in [0, 0.1) is 0 Å². The molecule has 0 amide bonds. The number of carbonyl (C=O) groups excluding carboxylic acids is 1. The maximum absolute atomic E-state index is 12.6. The average Bonchev–Trinajstić information content (AvgIpc) is 2.70. The number of rotatable bonds is 3. The summed E-state index contributed by atoms with van der Waals surface area (Å²) < 4.78 is 0.873. The molecule has 2 aromatic rings. The maximum Gasteiger partial charge on any atom is 0.183 e. The Morgan fingerprint density at radius 2 is 1.81 bits per heavy atom. The second-order valence-electron chi connectivity index (χ2n) is 5.41. The van der Waals surface area contributed by atoms with E-state index in [1.165, 1.54) is 17.7 Å².